The second-order valence-electron chi connectivity index (χ2n) is 4.86. The molecule has 1 rings (SSSR count). The Kier molecular flexibility index (Phi) is 4.58. The van der Waals surface area contributed by atoms with Crippen molar-refractivity contribution in [3.63, 3.8) is 0 Å². The molecule has 0 aromatic heterocycles. The first-order valence-corrected chi connectivity index (χ1v) is 6.10. The number of hydrogen-bond donors (Lipinski definition) is 2. The quantitative estimate of drug-likeness (QED) is 0.742. The smallest absolute Gasteiger partial charge is 0.224 e. The van der Waals surface area contributed by atoms with E-state index in [9.17, 15) is 4.79 Å². The predicted octanol–water partition coefficient (Wildman–Crippen LogP) is 1.52. The molecule has 88 valence electrons. The van der Waals surface area contributed by atoms with Crippen molar-refractivity contribution in [1.82, 2.24) is 5.32 Å². The van der Waals surface area contributed by atoms with E-state index in [0.29, 0.717) is 18.5 Å². The lowest BCUT2D eigenvalue weighted by Gasteiger charge is -2.22. The van der Waals surface area contributed by atoms with Crippen molar-refractivity contribution in [3.8, 4) is 0 Å². The predicted molar refractivity (Wildman–Crippen MR) is 62.3 cm³/mol. The fourth-order valence-electron chi connectivity index (χ4n) is 2.46. The first kappa shape index (κ1) is 12.5. The van der Waals surface area contributed by atoms with Gasteiger partial charge in [-0.2, -0.15) is 0 Å². The van der Waals surface area contributed by atoms with Gasteiger partial charge < -0.3 is 11.1 Å². The van der Waals surface area contributed by atoms with E-state index in [1.165, 1.54) is 12.8 Å². The summed E-state index contributed by atoms with van der Waals surface area (Å²) in [6.07, 6.45) is 3.60. The van der Waals surface area contributed by atoms with E-state index in [2.05, 4.69) is 19.2 Å². The Bertz CT molecular complexity index is 218. The van der Waals surface area contributed by atoms with Crippen molar-refractivity contribution in [3.05, 3.63) is 0 Å². The molecule has 1 amide bonds. The summed E-state index contributed by atoms with van der Waals surface area (Å²) in [6, 6.07) is 0.372. The van der Waals surface area contributed by atoms with Gasteiger partial charge >= 0.3 is 0 Å². The molecule has 0 heterocycles. The fraction of sp³-hybridized carbons (Fsp3) is 0.917. The number of carbonyl (C=O) groups is 1. The molecule has 4 atom stereocenters. The van der Waals surface area contributed by atoms with Crippen LogP contribution < -0.4 is 11.1 Å². The molecule has 1 fully saturated rings. The lowest BCUT2D eigenvalue weighted by Crippen LogP contribution is -2.42. The Hall–Kier alpha value is -0.570. The number of rotatable bonds is 4. The summed E-state index contributed by atoms with van der Waals surface area (Å²) in [7, 11) is 0. The molecular formula is C12H24N2O. The summed E-state index contributed by atoms with van der Waals surface area (Å²) < 4.78 is 0. The Morgan fingerprint density at radius 3 is 2.67 bits per heavy atom. The van der Waals surface area contributed by atoms with Gasteiger partial charge in [0, 0.05) is 18.5 Å². The van der Waals surface area contributed by atoms with Crippen LogP contribution in [0.5, 0.6) is 0 Å². The SMILES string of the molecule is CCC1CCC(NC(=O)C(C)CN)C1C. The van der Waals surface area contributed by atoms with Crippen LogP contribution in [-0.4, -0.2) is 18.5 Å². The number of hydrogen-bond acceptors (Lipinski definition) is 2. The van der Waals surface area contributed by atoms with Gasteiger partial charge in [0.25, 0.3) is 0 Å². The molecule has 3 nitrogen and oxygen atoms in total. The van der Waals surface area contributed by atoms with E-state index in [1.54, 1.807) is 0 Å². The van der Waals surface area contributed by atoms with E-state index in [0.717, 1.165) is 12.3 Å². The van der Waals surface area contributed by atoms with E-state index in [-0.39, 0.29) is 11.8 Å². The lowest BCUT2D eigenvalue weighted by atomic mass is 9.93. The largest absolute Gasteiger partial charge is 0.353 e. The molecule has 1 saturated carbocycles. The van der Waals surface area contributed by atoms with Gasteiger partial charge in [-0.15, -0.1) is 0 Å². The third-order valence-corrected chi connectivity index (χ3v) is 3.88. The zero-order chi connectivity index (χ0) is 11.4. The minimum absolute atomic E-state index is 0.0575. The van der Waals surface area contributed by atoms with E-state index < -0.39 is 0 Å². The molecule has 0 spiro atoms. The first-order chi connectivity index (χ1) is 7.10. The molecular weight excluding hydrogens is 188 g/mol. The second kappa shape index (κ2) is 5.50. The zero-order valence-corrected chi connectivity index (χ0v) is 10.1. The highest BCUT2D eigenvalue weighted by Crippen LogP contribution is 2.33. The third kappa shape index (κ3) is 2.94. The van der Waals surface area contributed by atoms with Crippen molar-refractivity contribution < 1.29 is 4.79 Å². The van der Waals surface area contributed by atoms with Crippen LogP contribution in [-0.2, 0) is 4.79 Å². The molecule has 15 heavy (non-hydrogen) atoms. The van der Waals surface area contributed by atoms with Crippen molar-refractivity contribution in [2.75, 3.05) is 6.54 Å². The fourth-order valence-corrected chi connectivity index (χ4v) is 2.46. The van der Waals surface area contributed by atoms with Gasteiger partial charge in [-0.05, 0) is 24.7 Å². The average Bonchev–Trinajstić information content (AvgIpc) is 2.58. The van der Waals surface area contributed by atoms with Gasteiger partial charge in [0.05, 0.1) is 0 Å². The summed E-state index contributed by atoms with van der Waals surface area (Å²) in [5.74, 6) is 1.45. The summed E-state index contributed by atoms with van der Waals surface area (Å²) in [4.78, 5) is 11.7. The first-order valence-electron chi connectivity index (χ1n) is 6.10. The van der Waals surface area contributed by atoms with Gasteiger partial charge in [-0.1, -0.05) is 27.2 Å². The van der Waals surface area contributed by atoms with Crippen LogP contribution in [0.4, 0.5) is 0 Å². The number of nitrogens with two attached hydrogens (primary N) is 1. The normalized spacial score (nSPS) is 32.7. The standard InChI is InChI=1S/C12H24N2O/c1-4-10-5-6-11(9(10)3)14-12(15)8(2)7-13/h8-11H,4-7,13H2,1-3H3,(H,14,15). The highest BCUT2D eigenvalue weighted by molar-refractivity contribution is 5.78. The summed E-state index contributed by atoms with van der Waals surface area (Å²) in [6.45, 7) is 6.80. The van der Waals surface area contributed by atoms with Crippen LogP contribution in [0.2, 0.25) is 0 Å². The molecule has 0 aromatic rings. The highest BCUT2D eigenvalue weighted by atomic mass is 16.1. The average molecular weight is 212 g/mol. The van der Waals surface area contributed by atoms with Crippen molar-refractivity contribution in [2.45, 2.75) is 46.1 Å². The maximum atomic E-state index is 11.7. The molecule has 0 bridgehead atoms. The van der Waals surface area contributed by atoms with Crippen LogP contribution in [0.15, 0.2) is 0 Å². The molecule has 1 aliphatic rings. The molecule has 0 radical (unpaired) electrons. The second-order valence-corrected chi connectivity index (χ2v) is 4.86. The summed E-state index contributed by atoms with van der Waals surface area (Å²) >= 11 is 0. The Morgan fingerprint density at radius 1 is 1.53 bits per heavy atom. The van der Waals surface area contributed by atoms with Gasteiger partial charge in [0.15, 0.2) is 0 Å². The van der Waals surface area contributed by atoms with E-state index in [4.69, 9.17) is 5.73 Å². The van der Waals surface area contributed by atoms with Crippen molar-refractivity contribution in [1.29, 1.82) is 0 Å². The summed E-state index contributed by atoms with van der Waals surface area (Å²) in [5, 5.41) is 3.12. The minimum atomic E-state index is -0.0575. The summed E-state index contributed by atoms with van der Waals surface area (Å²) in [5.41, 5.74) is 5.47. The Balaban J connectivity index is 2.43. The molecule has 0 saturated heterocycles. The minimum Gasteiger partial charge on any atom is -0.353 e. The number of amides is 1. The van der Waals surface area contributed by atoms with Crippen molar-refractivity contribution >= 4 is 5.91 Å². The topological polar surface area (TPSA) is 55.1 Å². The number of carbonyl (C=O) groups excluding carboxylic acids is 1. The molecule has 0 aromatic carbocycles. The Labute approximate surface area is 92.8 Å². The van der Waals surface area contributed by atoms with Crippen molar-refractivity contribution in [2.24, 2.45) is 23.5 Å². The molecule has 4 unspecified atom stereocenters. The molecule has 3 N–H and O–H groups in total. The zero-order valence-electron chi connectivity index (χ0n) is 10.1. The van der Waals surface area contributed by atoms with Crippen LogP contribution in [0.25, 0.3) is 0 Å². The molecule has 0 aliphatic heterocycles. The van der Waals surface area contributed by atoms with Gasteiger partial charge in [0.1, 0.15) is 0 Å². The van der Waals surface area contributed by atoms with Crippen LogP contribution in [0.3, 0.4) is 0 Å². The monoisotopic (exact) mass is 212 g/mol. The molecule has 1 aliphatic carbocycles. The maximum absolute atomic E-state index is 11.7. The lowest BCUT2D eigenvalue weighted by molar-refractivity contribution is -0.125. The molecule has 3 heteroatoms. The number of nitrogens with one attached hydrogen (secondary N) is 1. The van der Waals surface area contributed by atoms with Crippen LogP contribution >= 0.6 is 0 Å². The van der Waals surface area contributed by atoms with E-state index in [1.807, 2.05) is 6.92 Å². The third-order valence-electron chi connectivity index (χ3n) is 3.88. The van der Waals surface area contributed by atoms with Gasteiger partial charge in [0.2, 0.25) is 5.91 Å². The van der Waals surface area contributed by atoms with Gasteiger partial charge in [-0.3, -0.25) is 4.79 Å². The van der Waals surface area contributed by atoms with E-state index >= 15 is 0 Å². The Morgan fingerprint density at radius 2 is 2.20 bits per heavy atom. The van der Waals surface area contributed by atoms with Crippen LogP contribution in [0.1, 0.15) is 40.0 Å². The highest BCUT2D eigenvalue weighted by Gasteiger charge is 2.32. The van der Waals surface area contributed by atoms with Crippen LogP contribution in [0, 0.1) is 17.8 Å². The van der Waals surface area contributed by atoms with Gasteiger partial charge in [-0.25, -0.2) is 0 Å². The maximum Gasteiger partial charge on any atom is 0.224 e.